The number of hydrogen-bond acceptors (Lipinski definition) is 6. The van der Waals surface area contributed by atoms with E-state index in [4.69, 9.17) is 5.73 Å². The van der Waals surface area contributed by atoms with Crippen molar-refractivity contribution in [2.45, 2.75) is 69.2 Å². The highest BCUT2D eigenvalue weighted by Crippen LogP contribution is 2.38. The van der Waals surface area contributed by atoms with Gasteiger partial charge in [-0.2, -0.15) is 13.2 Å². The summed E-state index contributed by atoms with van der Waals surface area (Å²) in [6, 6.07) is 10.3. The third-order valence-electron chi connectivity index (χ3n) is 9.75. The lowest BCUT2D eigenvalue weighted by Crippen LogP contribution is -2.56. The number of rotatable bonds is 7. The Labute approximate surface area is 284 Å². The first-order valence-electron chi connectivity index (χ1n) is 16.5. The molecule has 3 aliphatic rings. The number of halogens is 4. The Morgan fingerprint density at radius 3 is 2.23 bits per heavy atom. The van der Waals surface area contributed by atoms with Crippen molar-refractivity contribution in [1.82, 2.24) is 34.8 Å². The van der Waals surface area contributed by atoms with Crippen molar-refractivity contribution in [3.63, 3.8) is 0 Å². The molecule has 0 unspecified atom stereocenters. The molecule has 258 valence electrons. The molecule has 0 radical (unpaired) electrons. The number of nitrogens with one attached hydrogen (secondary N) is 2. The Hall–Kier alpha value is -3.85. The molecular formula is C33H40BrF3N8O3. The second-order valence-electron chi connectivity index (χ2n) is 12.8. The van der Waals surface area contributed by atoms with Gasteiger partial charge in [0, 0.05) is 48.7 Å². The van der Waals surface area contributed by atoms with Crippen LogP contribution in [-0.2, 0) is 17.4 Å². The molecule has 3 amide bonds. The molecule has 0 saturated carbocycles. The summed E-state index contributed by atoms with van der Waals surface area (Å²) in [4.78, 5) is 48.8. The summed E-state index contributed by atoms with van der Waals surface area (Å²) in [7, 11) is 0. The number of aromatic amines is 1. The van der Waals surface area contributed by atoms with Crippen LogP contribution < -0.4 is 16.7 Å². The number of hydrogen-bond donors (Lipinski definition) is 3. The van der Waals surface area contributed by atoms with Gasteiger partial charge in [0.05, 0.1) is 17.3 Å². The van der Waals surface area contributed by atoms with Gasteiger partial charge in [0.1, 0.15) is 6.04 Å². The third kappa shape index (κ3) is 7.56. The van der Waals surface area contributed by atoms with Crippen LogP contribution in [0.3, 0.4) is 0 Å². The Morgan fingerprint density at radius 1 is 0.958 bits per heavy atom. The van der Waals surface area contributed by atoms with E-state index in [1.165, 1.54) is 23.6 Å². The second-order valence-corrected chi connectivity index (χ2v) is 13.7. The van der Waals surface area contributed by atoms with Crippen molar-refractivity contribution in [2.75, 3.05) is 45.0 Å². The summed E-state index contributed by atoms with van der Waals surface area (Å²) < 4.78 is 42.9. The Kier molecular flexibility index (Phi) is 10.2. The fourth-order valence-corrected chi connectivity index (χ4v) is 7.61. The van der Waals surface area contributed by atoms with E-state index in [1.54, 1.807) is 9.80 Å². The van der Waals surface area contributed by atoms with Gasteiger partial charge in [-0.1, -0.05) is 30.3 Å². The van der Waals surface area contributed by atoms with Crippen LogP contribution in [-0.4, -0.2) is 92.8 Å². The zero-order valence-corrected chi connectivity index (χ0v) is 28.1. The molecule has 0 aliphatic carbocycles. The van der Waals surface area contributed by atoms with Crippen molar-refractivity contribution in [2.24, 2.45) is 0 Å². The first kappa shape index (κ1) is 34.0. The van der Waals surface area contributed by atoms with E-state index in [9.17, 15) is 27.6 Å². The number of nitrogens with two attached hydrogens (primary N) is 1. The normalized spacial score (nSPS) is 19.1. The summed E-state index contributed by atoms with van der Waals surface area (Å²) in [6.45, 7) is 3.77. The van der Waals surface area contributed by atoms with Crippen molar-refractivity contribution in [1.29, 1.82) is 0 Å². The molecule has 1 atom stereocenters. The fraction of sp³-hybridized carbons (Fsp3) is 0.515. The van der Waals surface area contributed by atoms with Gasteiger partial charge in [0.2, 0.25) is 5.91 Å². The summed E-state index contributed by atoms with van der Waals surface area (Å²) in [6.07, 6.45) is 0.0761. The predicted molar refractivity (Wildman–Crippen MR) is 178 cm³/mol. The number of H-pyrrole nitrogens is 1. The minimum Gasteiger partial charge on any atom is -0.397 e. The van der Waals surface area contributed by atoms with Crippen molar-refractivity contribution in [3.05, 3.63) is 68.5 Å². The topological polar surface area (TPSA) is 133 Å². The number of nitrogen functional groups attached to an aromatic ring is 1. The fourth-order valence-electron chi connectivity index (χ4n) is 7.10. The summed E-state index contributed by atoms with van der Waals surface area (Å²) >= 11 is 3.14. The van der Waals surface area contributed by atoms with Gasteiger partial charge in [-0.25, -0.2) is 14.3 Å². The Morgan fingerprint density at radius 2 is 1.58 bits per heavy atom. The lowest BCUT2D eigenvalue weighted by Gasteiger charge is -2.38. The van der Waals surface area contributed by atoms with E-state index in [1.807, 2.05) is 30.3 Å². The maximum Gasteiger partial charge on any atom is 0.418 e. The van der Waals surface area contributed by atoms with E-state index in [-0.39, 0.29) is 34.1 Å². The first-order valence-corrected chi connectivity index (χ1v) is 17.2. The molecule has 11 nitrogen and oxygen atoms in total. The van der Waals surface area contributed by atoms with Crippen LogP contribution in [0.5, 0.6) is 0 Å². The number of nitrogens with zero attached hydrogens (tertiary/aromatic N) is 5. The number of alkyl halides is 3. The average molecular weight is 734 g/mol. The molecule has 4 heterocycles. The van der Waals surface area contributed by atoms with E-state index in [0.29, 0.717) is 50.9 Å². The number of carbonyl (C=O) groups is 2. The molecule has 3 fully saturated rings. The van der Waals surface area contributed by atoms with Crippen molar-refractivity contribution < 1.29 is 22.8 Å². The molecule has 0 bridgehead atoms. The number of amides is 3. The van der Waals surface area contributed by atoms with Gasteiger partial charge in [-0.15, -0.1) is 5.10 Å². The third-order valence-corrected chi connectivity index (χ3v) is 10.4. The zero-order valence-electron chi connectivity index (χ0n) is 26.5. The molecule has 4 N–H and O–H groups in total. The number of aromatic nitrogens is 3. The number of benzene rings is 2. The molecule has 3 aromatic rings. The van der Waals surface area contributed by atoms with Crippen molar-refractivity contribution >= 4 is 33.6 Å². The highest BCUT2D eigenvalue weighted by molar-refractivity contribution is 9.10. The van der Waals surface area contributed by atoms with E-state index in [0.717, 1.165) is 37.6 Å². The van der Waals surface area contributed by atoms with Gasteiger partial charge >= 0.3 is 17.9 Å². The lowest BCUT2D eigenvalue weighted by atomic mass is 9.98. The number of anilines is 1. The van der Waals surface area contributed by atoms with Crippen LogP contribution in [0.15, 0.2) is 51.7 Å². The minimum absolute atomic E-state index is 0.0716. The maximum atomic E-state index is 13.9. The lowest BCUT2D eigenvalue weighted by molar-refractivity contribution is -0.137. The molecular weight excluding hydrogens is 693 g/mol. The standard InChI is InChI=1S/C33H40BrF3N8O3/c34-26-19-21(18-25(28(26)38)33(35,36)37)20-27(30(46)43-14-8-23(9-15-43)42-12-4-5-13-42)39-31(47)44-16-10-24(11-17-44)45-32(48)40-29(41-45)22-6-2-1-3-7-22/h1-3,6-7,18-19,23-24,27H,4-5,8-17,20,38H2,(H,39,47)(H,40,41,48)/t27-/m1/s1. The number of piperidine rings is 2. The molecule has 48 heavy (non-hydrogen) atoms. The van der Waals surface area contributed by atoms with Crippen LogP contribution in [0.4, 0.5) is 23.7 Å². The molecule has 1 aromatic heterocycles. The number of carbonyl (C=O) groups excluding carboxylic acids is 2. The highest BCUT2D eigenvalue weighted by Gasteiger charge is 2.37. The SMILES string of the molecule is Nc1c(Br)cc(C[C@@H](NC(=O)N2CCC(n3nc(-c4ccccc4)[nH]c3=O)CC2)C(=O)N2CCC(N3CCCC3)CC2)cc1C(F)(F)F. The Balaban J connectivity index is 1.15. The zero-order chi connectivity index (χ0) is 34.0. The highest BCUT2D eigenvalue weighted by atomic mass is 79.9. The van der Waals surface area contributed by atoms with Crippen LogP contribution in [0.25, 0.3) is 11.4 Å². The van der Waals surface area contributed by atoms with Crippen molar-refractivity contribution in [3.8, 4) is 11.4 Å². The van der Waals surface area contributed by atoms with Gasteiger partial charge in [-0.05, 0) is 85.2 Å². The smallest absolute Gasteiger partial charge is 0.397 e. The maximum absolute atomic E-state index is 13.9. The van der Waals surface area contributed by atoms with Crippen LogP contribution in [0, 0.1) is 0 Å². The van der Waals surface area contributed by atoms with E-state index < -0.39 is 29.5 Å². The summed E-state index contributed by atoms with van der Waals surface area (Å²) in [5.74, 6) is 0.144. The van der Waals surface area contributed by atoms with Crippen LogP contribution in [0.2, 0.25) is 0 Å². The molecule has 15 heteroatoms. The van der Waals surface area contributed by atoms with Gasteiger partial charge in [0.15, 0.2) is 5.82 Å². The quantitative estimate of drug-likeness (QED) is 0.303. The summed E-state index contributed by atoms with van der Waals surface area (Å²) in [5, 5.41) is 7.35. The minimum atomic E-state index is -4.69. The van der Waals surface area contributed by atoms with Crippen LogP contribution in [0.1, 0.15) is 55.7 Å². The van der Waals surface area contributed by atoms with Crippen LogP contribution >= 0.6 is 15.9 Å². The van der Waals surface area contributed by atoms with Gasteiger partial charge in [0.25, 0.3) is 0 Å². The van der Waals surface area contributed by atoms with E-state index >= 15 is 0 Å². The Bertz CT molecular complexity index is 1660. The largest absolute Gasteiger partial charge is 0.418 e. The number of urea groups is 1. The number of likely N-dealkylation sites (tertiary alicyclic amines) is 3. The monoisotopic (exact) mass is 732 g/mol. The first-order chi connectivity index (χ1) is 23.0. The van der Waals surface area contributed by atoms with Gasteiger partial charge in [-0.3, -0.25) is 9.78 Å². The predicted octanol–water partition coefficient (Wildman–Crippen LogP) is 4.65. The summed E-state index contributed by atoms with van der Waals surface area (Å²) in [5.41, 5.74) is 4.98. The molecule has 2 aromatic carbocycles. The van der Waals surface area contributed by atoms with E-state index in [2.05, 4.69) is 36.2 Å². The second kappa shape index (κ2) is 14.3. The average Bonchev–Trinajstić information content (AvgIpc) is 3.76. The molecule has 0 spiro atoms. The van der Waals surface area contributed by atoms with Gasteiger partial charge < -0.3 is 25.8 Å². The molecule has 3 saturated heterocycles. The molecule has 3 aliphatic heterocycles. The molecule has 6 rings (SSSR count).